The van der Waals surface area contributed by atoms with E-state index in [4.69, 9.17) is 0 Å². The Balaban J connectivity index is 0.00000210. The zero-order valence-corrected chi connectivity index (χ0v) is 19.9. The van der Waals surface area contributed by atoms with E-state index in [0.29, 0.717) is 0 Å². The second-order valence-corrected chi connectivity index (χ2v) is 9.80. The van der Waals surface area contributed by atoms with Crippen molar-refractivity contribution in [3.63, 3.8) is 0 Å². The molecule has 3 aromatic rings. The van der Waals surface area contributed by atoms with Crippen molar-refractivity contribution in [1.29, 1.82) is 0 Å². The molecule has 142 valence electrons. The first-order valence-electron chi connectivity index (χ1n) is 9.08. The average molecular weight is 508 g/mol. The summed E-state index contributed by atoms with van der Waals surface area (Å²) in [6, 6.07) is 17.7. The van der Waals surface area contributed by atoms with E-state index >= 15 is 0 Å². The van der Waals surface area contributed by atoms with Gasteiger partial charge in [-0.3, -0.25) is 0 Å². The standard InChI is InChI=1S/C22H24BrN2S.BrH/c1-22(2,3)17-7-5-16(6-8-17)20-15-25(19-11-9-18(23)10-12-19)21-24(20)13-4-14-26-21;/h5-12,15H,4,13-14H2,1-3H3;1H/q+1;/p-1. The fourth-order valence-electron chi connectivity index (χ4n) is 3.39. The van der Waals surface area contributed by atoms with E-state index in [1.165, 1.54) is 39.8 Å². The molecule has 0 atom stereocenters. The van der Waals surface area contributed by atoms with E-state index in [9.17, 15) is 0 Å². The van der Waals surface area contributed by atoms with E-state index in [1.807, 2.05) is 11.8 Å². The summed E-state index contributed by atoms with van der Waals surface area (Å²) in [5.41, 5.74) is 5.36. The summed E-state index contributed by atoms with van der Waals surface area (Å²) in [6.07, 6.45) is 3.52. The molecule has 0 spiro atoms. The third-order valence-electron chi connectivity index (χ3n) is 4.89. The van der Waals surface area contributed by atoms with E-state index in [-0.39, 0.29) is 22.4 Å². The number of imidazole rings is 1. The second-order valence-electron chi connectivity index (χ2n) is 7.82. The summed E-state index contributed by atoms with van der Waals surface area (Å²) in [5, 5.41) is 1.33. The van der Waals surface area contributed by atoms with Gasteiger partial charge in [-0.1, -0.05) is 61.0 Å². The molecule has 2 nitrogen and oxygen atoms in total. The average Bonchev–Trinajstić information content (AvgIpc) is 3.01. The number of hydrogen-bond donors (Lipinski definition) is 0. The fraction of sp³-hybridized carbons (Fsp3) is 0.318. The van der Waals surface area contributed by atoms with Crippen LogP contribution in [0.2, 0.25) is 0 Å². The monoisotopic (exact) mass is 506 g/mol. The smallest absolute Gasteiger partial charge is 0.323 e. The van der Waals surface area contributed by atoms with Gasteiger partial charge in [0.15, 0.2) is 5.69 Å². The van der Waals surface area contributed by atoms with Gasteiger partial charge in [0.05, 0.1) is 6.54 Å². The molecule has 0 saturated heterocycles. The summed E-state index contributed by atoms with van der Waals surface area (Å²) in [6.45, 7) is 7.88. The minimum Gasteiger partial charge on any atom is -1.00 e. The van der Waals surface area contributed by atoms with Crippen molar-refractivity contribution in [2.45, 2.75) is 44.3 Å². The highest BCUT2D eigenvalue weighted by Gasteiger charge is 2.28. The van der Waals surface area contributed by atoms with Crippen molar-refractivity contribution in [2.75, 3.05) is 5.75 Å². The van der Waals surface area contributed by atoms with Gasteiger partial charge in [-0.25, -0.2) is 4.57 Å². The van der Waals surface area contributed by atoms with Crippen LogP contribution in [0.1, 0.15) is 32.8 Å². The molecule has 2 aromatic carbocycles. The molecule has 4 rings (SSSR count). The van der Waals surface area contributed by atoms with Gasteiger partial charge in [-0.2, -0.15) is 4.57 Å². The van der Waals surface area contributed by atoms with Crippen LogP contribution < -0.4 is 21.5 Å². The van der Waals surface area contributed by atoms with E-state index in [0.717, 1.165) is 11.0 Å². The van der Waals surface area contributed by atoms with Crippen LogP contribution >= 0.6 is 27.7 Å². The van der Waals surface area contributed by atoms with Gasteiger partial charge < -0.3 is 17.0 Å². The molecule has 0 bridgehead atoms. The Kier molecular flexibility index (Phi) is 6.24. The van der Waals surface area contributed by atoms with Crippen LogP contribution in [0.4, 0.5) is 0 Å². The Hall–Kier alpha value is -1.04. The van der Waals surface area contributed by atoms with Gasteiger partial charge in [-0.15, -0.1) is 0 Å². The molecule has 0 fully saturated rings. The van der Waals surface area contributed by atoms with Crippen LogP contribution in [0.3, 0.4) is 0 Å². The van der Waals surface area contributed by atoms with Gasteiger partial charge >= 0.3 is 5.16 Å². The molecular weight excluding hydrogens is 484 g/mol. The maximum atomic E-state index is 3.54. The number of thioether (sulfide) groups is 1. The van der Waals surface area contributed by atoms with Crippen molar-refractivity contribution in [3.05, 3.63) is 64.8 Å². The lowest BCUT2D eigenvalue weighted by molar-refractivity contribution is -0.724. The van der Waals surface area contributed by atoms with E-state index in [1.54, 1.807) is 0 Å². The van der Waals surface area contributed by atoms with Crippen LogP contribution in [0.5, 0.6) is 0 Å². The van der Waals surface area contributed by atoms with E-state index in [2.05, 4.69) is 101 Å². The Morgan fingerprint density at radius 2 is 1.67 bits per heavy atom. The molecule has 0 unspecified atom stereocenters. The summed E-state index contributed by atoms with van der Waals surface area (Å²) in [5.74, 6) is 1.18. The molecule has 2 heterocycles. The van der Waals surface area contributed by atoms with Gasteiger partial charge in [0.1, 0.15) is 11.9 Å². The van der Waals surface area contributed by atoms with Crippen molar-refractivity contribution in [1.82, 2.24) is 4.57 Å². The van der Waals surface area contributed by atoms with Crippen molar-refractivity contribution < 1.29 is 21.5 Å². The molecule has 0 saturated carbocycles. The number of fused-ring (bicyclic) bond motifs is 1. The Morgan fingerprint density at radius 3 is 2.30 bits per heavy atom. The van der Waals surface area contributed by atoms with Crippen LogP contribution in [0.25, 0.3) is 16.9 Å². The zero-order valence-electron chi connectivity index (χ0n) is 15.9. The van der Waals surface area contributed by atoms with Crippen LogP contribution in [-0.2, 0) is 12.0 Å². The molecule has 0 N–H and O–H groups in total. The Labute approximate surface area is 184 Å². The minimum atomic E-state index is 0. The van der Waals surface area contributed by atoms with Crippen molar-refractivity contribution in [2.24, 2.45) is 0 Å². The summed E-state index contributed by atoms with van der Waals surface area (Å²) >= 11 is 5.49. The van der Waals surface area contributed by atoms with Crippen LogP contribution in [-0.4, -0.2) is 10.3 Å². The molecule has 0 amide bonds. The number of halogens is 2. The number of hydrogen-bond acceptors (Lipinski definition) is 1. The first-order chi connectivity index (χ1) is 12.4. The SMILES string of the molecule is CC(C)(C)c1ccc(-c2cn(-c3ccc(Br)cc3)c3[n+]2CCCS3)cc1.[Br-]. The molecule has 1 aliphatic heterocycles. The van der Waals surface area contributed by atoms with Gasteiger partial charge in [-0.05, 0) is 53.4 Å². The van der Waals surface area contributed by atoms with Crippen LogP contribution in [0, 0.1) is 0 Å². The summed E-state index contributed by atoms with van der Waals surface area (Å²) in [7, 11) is 0. The lowest BCUT2D eigenvalue weighted by atomic mass is 9.86. The highest BCUT2D eigenvalue weighted by molar-refractivity contribution is 9.10. The third-order valence-corrected chi connectivity index (χ3v) is 6.58. The Bertz CT molecular complexity index is 923. The summed E-state index contributed by atoms with van der Waals surface area (Å²) in [4.78, 5) is 0. The first-order valence-corrected chi connectivity index (χ1v) is 10.9. The quantitative estimate of drug-likeness (QED) is 0.484. The number of rotatable bonds is 2. The largest absolute Gasteiger partial charge is 1.00 e. The minimum absolute atomic E-state index is 0. The lowest BCUT2D eigenvalue weighted by Crippen LogP contribution is -3.00. The second kappa shape index (κ2) is 8.14. The number of aromatic nitrogens is 2. The van der Waals surface area contributed by atoms with Crippen LogP contribution in [0.15, 0.2) is 64.4 Å². The molecule has 1 aromatic heterocycles. The van der Waals surface area contributed by atoms with Crippen molar-refractivity contribution in [3.8, 4) is 16.9 Å². The first kappa shape index (κ1) is 20.7. The van der Waals surface area contributed by atoms with Gasteiger partial charge in [0.25, 0.3) is 0 Å². The normalized spacial score (nSPS) is 13.8. The van der Waals surface area contributed by atoms with Crippen molar-refractivity contribution >= 4 is 27.7 Å². The fourth-order valence-corrected chi connectivity index (χ4v) is 4.75. The maximum absolute atomic E-state index is 3.54. The molecular formula is C22H24Br2N2S. The van der Waals surface area contributed by atoms with Gasteiger partial charge in [0.2, 0.25) is 0 Å². The zero-order chi connectivity index (χ0) is 18.3. The third kappa shape index (κ3) is 4.20. The maximum Gasteiger partial charge on any atom is 0.323 e. The number of nitrogens with zero attached hydrogens (tertiary/aromatic N) is 2. The van der Waals surface area contributed by atoms with Gasteiger partial charge in [0, 0.05) is 15.8 Å². The molecule has 0 aliphatic carbocycles. The summed E-state index contributed by atoms with van der Waals surface area (Å²) < 4.78 is 5.92. The lowest BCUT2D eigenvalue weighted by Gasteiger charge is -2.19. The molecule has 0 radical (unpaired) electrons. The highest BCUT2D eigenvalue weighted by atomic mass is 79.9. The predicted octanol–water partition coefficient (Wildman–Crippen LogP) is 2.99. The molecule has 27 heavy (non-hydrogen) atoms. The topological polar surface area (TPSA) is 8.81 Å². The number of benzene rings is 2. The molecule has 1 aliphatic rings. The van der Waals surface area contributed by atoms with E-state index < -0.39 is 0 Å². The molecule has 5 heteroatoms. The Morgan fingerprint density at radius 1 is 1.00 bits per heavy atom. The predicted molar refractivity (Wildman–Crippen MR) is 113 cm³/mol. The highest BCUT2D eigenvalue weighted by Crippen LogP contribution is 2.30.